The Morgan fingerprint density at radius 2 is 1.89 bits per heavy atom. The molecule has 0 spiro atoms. The van der Waals surface area contributed by atoms with Gasteiger partial charge in [0.05, 0.1) is 31.5 Å². The largest absolute Gasteiger partial charge is 0.495 e. The fraction of sp³-hybridized carbons (Fsp3) is 0.571. The van der Waals surface area contributed by atoms with Crippen molar-refractivity contribution in [2.45, 2.75) is 20.3 Å². The Kier molecular flexibility index (Phi) is 5.76. The van der Waals surface area contributed by atoms with E-state index in [0.717, 1.165) is 12.1 Å². The maximum absolute atomic E-state index is 9.42. The molecule has 0 fully saturated rings. The Hall–Kier alpha value is -1.13. The molecule has 2 N–H and O–H groups in total. The molecule has 0 saturated carbocycles. The summed E-state index contributed by atoms with van der Waals surface area (Å²) >= 11 is 6.05. The minimum absolute atomic E-state index is 0.129. The van der Waals surface area contributed by atoms with Crippen LogP contribution in [-0.2, 0) is 0 Å². The molecule has 0 amide bonds. The lowest BCUT2D eigenvalue weighted by Gasteiger charge is -2.27. The van der Waals surface area contributed by atoms with E-state index in [1.165, 1.54) is 0 Å². The van der Waals surface area contributed by atoms with E-state index in [2.05, 4.69) is 12.2 Å². The first-order chi connectivity index (χ1) is 8.99. The van der Waals surface area contributed by atoms with Gasteiger partial charge in [-0.25, -0.2) is 0 Å². The molecule has 0 bridgehead atoms. The molecular weight excluding hydrogens is 266 g/mol. The normalized spacial score (nSPS) is 13.8. The number of anilines is 1. The third kappa shape index (κ3) is 3.91. The molecule has 0 aliphatic heterocycles. The molecular formula is C14H22ClNO3. The van der Waals surface area contributed by atoms with E-state index in [9.17, 15) is 5.11 Å². The Bertz CT molecular complexity index is 419. The zero-order valence-electron chi connectivity index (χ0n) is 11.9. The molecule has 1 rings (SSSR count). The number of ether oxygens (including phenoxy) is 2. The predicted octanol–water partition coefficient (Wildman–Crippen LogP) is 3.18. The van der Waals surface area contributed by atoms with Crippen LogP contribution in [0.25, 0.3) is 0 Å². The molecule has 0 aromatic heterocycles. The monoisotopic (exact) mass is 287 g/mol. The first-order valence-electron chi connectivity index (χ1n) is 6.26. The van der Waals surface area contributed by atoms with Gasteiger partial charge in [-0.15, -0.1) is 0 Å². The number of hydrogen-bond acceptors (Lipinski definition) is 4. The summed E-state index contributed by atoms with van der Waals surface area (Å²) in [5, 5.41) is 13.2. The summed E-state index contributed by atoms with van der Waals surface area (Å²) < 4.78 is 10.5. The summed E-state index contributed by atoms with van der Waals surface area (Å²) in [6.45, 7) is 4.85. The Balaban J connectivity index is 2.93. The van der Waals surface area contributed by atoms with Crippen LogP contribution in [0.3, 0.4) is 0 Å². The first kappa shape index (κ1) is 15.9. The molecule has 1 atom stereocenters. The van der Waals surface area contributed by atoms with Crippen molar-refractivity contribution < 1.29 is 14.6 Å². The summed E-state index contributed by atoms with van der Waals surface area (Å²) in [6.07, 6.45) is 0.879. The number of hydrogen-bond donors (Lipinski definition) is 2. The van der Waals surface area contributed by atoms with Crippen molar-refractivity contribution in [2.75, 3.05) is 32.7 Å². The van der Waals surface area contributed by atoms with Crippen molar-refractivity contribution >= 4 is 17.3 Å². The summed E-state index contributed by atoms with van der Waals surface area (Å²) in [5.41, 5.74) is 0.634. The molecule has 5 heteroatoms. The van der Waals surface area contributed by atoms with Crippen molar-refractivity contribution in [3.05, 3.63) is 17.2 Å². The highest BCUT2D eigenvalue weighted by Gasteiger charge is 2.21. The number of aliphatic hydroxyl groups excluding tert-OH is 1. The second-order valence-electron chi connectivity index (χ2n) is 4.86. The molecule has 0 aliphatic carbocycles. The lowest BCUT2D eigenvalue weighted by Crippen LogP contribution is -2.29. The van der Waals surface area contributed by atoms with Crippen molar-refractivity contribution in [3.8, 4) is 11.5 Å². The number of halogens is 1. The van der Waals surface area contributed by atoms with E-state index in [1.54, 1.807) is 26.4 Å². The van der Waals surface area contributed by atoms with E-state index in [-0.39, 0.29) is 12.0 Å². The zero-order valence-corrected chi connectivity index (χ0v) is 12.7. The van der Waals surface area contributed by atoms with E-state index in [1.807, 2.05) is 6.92 Å². The van der Waals surface area contributed by atoms with Crippen molar-refractivity contribution in [1.29, 1.82) is 0 Å². The third-order valence-electron chi connectivity index (χ3n) is 3.41. The summed E-state index contributed by atoms with van der Waals surface area (Å²) in [6, 6.07) is 3.51. The molecule has 0 aliphatic rings. The number of nitrogens with one attached hydrogen (secondary N) is 1. The van der Waals surface area contributed by atoms with Crippen LogP contribution in [0.4, 0.5) is 5.69 Å². The van der Waals surface area contributed by atoms with E-state index < -0.39 is 0 Å². The quantitative estimate of drug-likeness (QED) is 0.809. The molecule has 4 nitrogen and oxygen atoms in total. The first-order valence-corrected chi connectivity index (χ1v) is 6.63. The van der Waals surface area contributed by atoms with Crippen LogP contribution < -0.4 is 14.8 Å². The Morgan fingerprint density at radius 1 is 1.26 bits per heavy atom. The molecule has 1 unspecified atom stereocenters. The van der Waals surface area contributed by atoms with Crippen LogP contribution in [0.5, 0.6) is 11.5 Å². The molecule has 1 aromatic rings. The fourth-order valence-corrected chi connectivity index (χ4v) is 1.83. The van der Waals surface area contributed by atoms with Gasteiger partial charge < -0.3 is 19.9 Å². The van der Waals surface area contributed by atoms with Crippen LogP contribution in [0.2, 0.25) is 5.02 Å². The van der Waals surface area contributed by atoms with Gasteiger partial charge in [-0.1, -0.05) is 25.4 Å². The summed E-state index contributed by atoms with van der Waals surface area (Å²) in [7, 11) is 3.16. The maximum atomic E-state index is 9.42. The summed E-state index contributed by atoms with van der Waals surface area (Å²) in [5.74, 6) is 1.24. The lowest BCUT2D eigenvalue weighted by molar-refractivity contribution is 0.149. The highest BCUT2D eigenvalue weighted by Crippen LogP contribution is 2.36. The van der Waals surface area contributed by atoms with E-state index in [4.69, 9.17) is 21.1 Å². The average molecular weight is 288 g/mol. The van der Waals surface area contributed by atoms with Gasteiger partial charge in [-0.2, -0.15) is 0 Å². The van der Waals surface area contributed by atoms with Gasteiger partial charge in [0.25, 0.3) is 0 Å². The SMILES string of the molecule is CCC(C)(CO)CNc1cc(OC)c(Cl)cc1OC. The third-order valence-corrected chi connectivity index (χ3v) is 3.71. The number of rotatable bonds is 7. The number of methoxy groups -OCH3 is 2. The van der Waals surface area contributed by atoms with Gasteiger partial charge in [0.2, 0.25) is 0 Å². The van der Waals surface area contributed by atoms with Crippen LogP contribution in [0.15, 0.2) is 12.1 Å². The highest BCUT2D eigenvalue weighted by molar-refractivity contribution is 6.32. The predicted molar refractivity (Wildman–Crippen MR) is 78.5 cm³/mol. The van der Waals surface area contributed by atoms with Crippen molar-refractivity contribution in [3.63, 3.8) is 0 Å². The molecule has 0 radical (unpaired) electrons. The van der Waals surface area contributed by atoms with Crippen molar-refractivity contribution in [2.24, 2.45) is 5.41 Å². The van der Waals surface area contributed by atoms with E-state index >= 15 is 0 Å². The van der Waals surface area contributed by atoms with Crippen LogP contribution in [0, 0.1) is 5.41 Å². The smallest absolute Gasteiger partial charge is 0.143 e. The lowest BCUT2D eigenvalue weighted by atomic mass is 9.88. The Morgan fingerprint density at radius 3 is 2.37 bits per heavy atom. The molecule has 0 heterocycles. The molecule has 19 heavy (non-hydrogen) atoms. The van der Waals surface area contributed by atoms with Crippen molar-refractivity contribution in [1.82, 2.24) is 0 Å². The van der Waals surface area contributed by atoms with Crippen LogP contribution >= 0.6 is 11.6 Å². The highest BCUT2D eigenvalue weighted by atomic mass is 35.5. The second kappa shape index (κ2) is 6.87. The Labute approximate surface area is 119 Å². The topological polar surface area (TPSA) is 50.7 Å². The second-order valence-corrected chi connectivity index (χ2v) is 5.27. The van der Waals surface area contributed by atoms with Crippen LogP contribution in [0.1, 0.15) is 20.3 Å². The average Bonchev–Trinajstić information content (AvgIpc) is 2.45. The standard InChI is InChI=1S/C14H22ClNO3/c1-5-14(2,9-17)8-16-11-7-12(18-3)10(15)6-13(11)19-4/h6-7,16-17H,5,8-9H2,1-4H3. The fourth-order valence-electron chi connectivity index (χ4n) is 1.60. The summed E-state index contributed by atoms with van der Waals surface area (Å²) in [4.78, 5) is 0. The van der Waals surface area contributed by atoms with Gasteiger partial charge in [-0.05, 0) is 6.42 Å². The van der Waals surface area contributed by atoms with Gasteiger partial charge in [0.1, 0.15) is 11.5 Å². The van der Waals surface area contributed by atoms with E-state index in [0.29, 0.717) is 23.1 Å². The zero-order chi connectivity index (χ0) is 14.5. The van der Waals surface area contributed by atoms with Gasteiger partial charge in [-0.3, -0.25) is 0 Å². The minimum atomic E-state index is -0.169. The minimum Gasteiger partial charge on any atom is -0.495 e. The maximum Gasteiger partial charge on any atom is 0.143 e. The van der Waals surface area contributed by atoms with Gasteiger partial charge in [0.15, 0.2) is 0 Å². The van der Waals surface area contributed by atoms with Crippen LogP contribution in [-0.4, -0.2) is 32.5 Å². The molecule has 1 aromatic carbocycles. The number of aliphatic hydroxyl groups is 1. The van der Waals surface area contributed by atoms with Gasteiger partial charge in [0, 0.05) is 24.1 Å². The van der Waals surface area contributed by atoms with Gasteiger partial charge >= 0.3 is 0 Å². The number of benzene rings is 1. The molecule has 108 valence electrons. The molecule has 0 saturated heterocycles.